The Morgan fingerprint density at radius 2 is 1.93 bits per heavy atom. The van der Waals surface area contributed by atoms with E-state index >= 15 is 0 Å². The number of alkyl halides is 3. The largest absolute Gasteiger partial charge is 0.435 e. The highest BCUT2D eigenvalue weighted by atomic mass is 19.4. The summed E-state index contributed by atoms with van der Waals surface area (Å²) in [7, 11) is 0. The van der Waals surface area contributed by atoms with Crippen LogP contribution in [0.4, 0.5) is 13.2 Å². The Balaban J connectivity index is 2.76. The summed E-state index contributed by atoms with van der Waals surface area (Å²) in [5.74, 6) is 0. The average Bonchev–Trinajstić information content (AvgIpc) is 2.47. The van der Waals surface area contributed by atoms with E-state index in [0.29, 0.717) is 16.9 Å². The lowest BCUT2D eigenvalue weighted by molar-refractivity contribution is -0.141. The number of fused-ring (bicyclic) bond motifs is 1. The van der Waals surface area contributed by atoms with Crippen molar-refractivity contribution in [2.24, 2.45) is 0 Å². The van der Waals surface area contributed by atoms with Crippen molar-refractivity contribution in [2.75, 3.05) is 0 Å². The molecule has 0 aliphatic heterocycles. The molecule has 15 heavy (non-hydrogen) atoms. The highest BCUT2D eigenvalue weighted by molar-refractivity contribution is 5.47. The molecule has 2 aromatic rings. The van der Waals surface area contributed by atoms with Crippen molar-refractivity contribution in [3.8, 4) is 0 Å². The van der Waals surface area contributed by atoms with Gasteiger partial charge in [-0.3, -0.25) is 0 Å². The van der Waals surface area contributed by atoms with Crippen molar-refractivity contribution < 1.29 is 13.2 Å². The SMILES string of the molecule is Cc1cc(C(F)(F)F)nn2c(C)cnc12. The van der Waals surface area contributed by atoms with Crippen LogP contribution in [0.15, 0.2) is 12.3 Å². The third-order valence-electron chi connectivity index (χ3n) is 2.11. The van der Waals surface area contributed by atoms with E-state index in [2.05, 4.69) is 10.1 Å². The van der Waals surface area contributed by atoms with Crippen molar-refractivity contribution in [3.05, 3.63) is 29.2 Å². The normalized spacial score (nSPS) is 12.3. The minimum atomic E-state index is -4.42. The Hall–Kier alpha value is -1.59. The van der Waals surface area contributed by atoms with E-state index in [1.807, 2.05) is 0 Å². The lowest BCUT2D eigenvalue weighted by atomic mass is 10.2. The molecule has 0 spiro atoms. The molecular formula is C9H8F3N3. The molecule has 3 nitrogen and oxygen atoms in total. The van der Waals surface area contributed by atoms with Crippen molar-refractivity contribution >= 4 is 5.65 Å². The third-order valence-corrected chi connectivity index (χ3v) is 2.11. The van der Waals surface area contributed by atoms with E-state index in [0.717, 1.165) is 6.07 Å². The van der Waals surface area contributed by atoms with E-state index in [9.17, 15) is 13.2 Å². The van der Waals surface area contributed by atoms with Crippen LogP contribution in [0.3, 0.4) is 0 Å². The fourth-order valence-electron chi connectivity index (χ4n) is 1.37. The quantitative estimate of drug-likeness (QED) is 0.675. The molecule has 0 aliphatic carbocycles. The third kappa shape index (κ3) is 1.55. The van der Waals surface area contributed by atoms with Gasteiger partial charge in [0, 0.05) is 0 Å². The van der Waals surface area contributed by atoms with Crippen LogP contribution >= 0.6 is 0 Å². The zero-order valence-corrected chi connectivity index (χ0v) is 8.13. The lowest BCUT2D eigenvalue weighted by Crippen LogP contribution is -2.12. The van der Waals surface area contributed by atoms with Gasteiger partial charge in [-0.1, -0.05) is 0 Å². The van der Waals surface area contributed by atoms with Crippen molar-refractivity contribution in [1.29, 1.82) is 0 Å². The fourth-order valence-corrected chi connectivity index (χ4v) is 1.37. The molecule has 0 unspecified atom stereocenters. The van der Waals surface area contributed by atoms with E-state index in [1.165, 1.54) is 10.7 Å². The Morgan fingerprint density at radius 3 is 2.53 bits per heavy atom. The highest BCUT2D eigenvalue weighted by Crippen LogP contribution is 2.28. The smallest absolute Gasteiger partial charge is 0.235 e. The van der Waals surface area contributed by atoms with Gasteiger partial charge in [0.1, 0.15) is 0 Å². The Morgan fingerprint density at radius 1 is 1.27 bits per heavy atom. The summed E-state index contributed by atoms with van der Waals surface area (Å²) in [4.78, 5) is 3.97. The Kier molecular flexibility index (Phi) is 1.95. The summed E-state index contributed by atoms with van der Waals surface area (Å²) in [6, 6.07) is 1.00. The minimum absolute atomic E-state index is 0.459. The summed E-state index contributed by atoms with van der Waals surface area (Å²) in [6.45, 7) is 3.24. The first kappa shape index (κ1) is 9.95. The van der Waals surface area contributed by atoms with E-state index in [-0.39, 0.29) is 0 Å². The predicted molar refractivity (Wildman–Crippen MR) is 47.5 cm³/mol. The number of aromatic nitrogens is 3. The molecule has 6 heteroatoms. The van der Waals surface area contributed by atoms with E-state index < -0.39 is 11.9 Å². The molecular weight excluding hydrogens is 207 g/mol. The summed E-state index contributed by atoms with van der Waals surface area (Å²) < 4.78 is 38.5. The second-order valence-corrected chi connectivity index (χ2v) is 3.35. The Bertz CT molecular complexity index is 513. The molecule has 0 atom stereocenters. The number of hydrogen-bond acceptors (Lipinski definition) is 2. The summed E-state index contributed by atoms with van der Waals surface area (Å²) in [6.07, 6.45) is -2.93. The second kappa shape index (κ2) is 2.95. The van der Waals surface area contributed by atoms with Crippen molar-refractivity contribution in [2.45, 2.75) is 20.0 Å². The number of aryl methyl sites for hydroxylation is 2. The van der Waals surface area contributed by atoms with Gasteiger partial charge in [0.15, 0.2) is 11.3 Å². The number of halogens is 3. The first-order valence-electron chi connectivity index (χ1n) is 4.29. The van der Waals surface area contributed by atoms with Gasteiger partial charge in [-0.25, -0.2) is 9.50 Å². The highest BCUT2D eigenvalue weighted by Gasteiger charge is 2.33. The Labute approximate surface area is 83.5 Å². The molecule has 0 saturated heterocycles. The van der Waals surface area contributed by atoms with Crippen LogP contribution < -0.4 is 0 Å². The molecule has 2 aromatic heterocycles. The predicted octanol–water partition coefficient (Wildman–Crippen LogP) is 2.36. The van der Waals surface area contributed by atoms with Gasteiger partial charge in [-0.15, -0.1) is 0 Å². The molecule has 2 heterocycles. The first-order valence-corrected chi connectivity index (χ1v) is 4.29. The maximum absolute atomic E-state index is 12.4. The maximum atomic E-state index is 12.4. The van der Waals surface area contributed by atoms with Crippen LogP contribution in [0.2, 0.25) is 0 Å². The van der Waals surface area contributed by atoms with Crippen LogP contribution in [-0.4, -0.2) is 14.6 Å². The number of hydrogen-bond donors (Lipinski definition) is 0. The molecule has 0 bridgehead atoms. The minimum Gasteiger partial charge on any atom is -0.235 e. The van der Waals surface area contributed by atoms with Crippen LogP contribution in [0, 0.1) is 13.8 Å². The first-order chi connectivity index (χ1) is 6.89. The number of rotatable bonds is 0. The summed E-state index contributed by atoms with van der Waals surface area (Å²) in [5, 5.41) is 3.50. The van der Waals surface area contributed by atoms with Crippen LogP contribution in [0.1, 0.15) is 17.0 Å². The van der Waals surface area contributed by atoms with Gasteiger partial charge in [0.25, 0.3) is 0 Å². The molecule has 0 fully saturated rings. The molecule has 0 aliphatic rings. The molecule has 0 radical (unpaired) electrons. The van der Waals surface area contributed by atoms with Crippen LogP contribution in [0.5, 0.6) is 0 Å². The van der Waals surface area contributed by atoms with Crippen molar-refractivity contribution in [1.82, 2.24) is 14.6 Å². The topological polar surface area (TPSA) is 30.2 Å². The van der Waals surface area contributed by atoms with Gasteiger partial charge in [-0.2, -0.15) is 18.3 Å². The van der Waals surface area contributed by atoms with Gasteiger partial charge in [-0.05, 0) is 25.5 Å². The van der Waals surface area contributed by atoms with E-state index in [1.54, 1.807) is 13.8 Å². The number of imidazole rings is 1. The molecule has 0 N–H and O–H groups in total. The fraction of sp³-hybridized carbons (Fsp3) is 0.333. The lowest BCUT2D eigenvalue weighted by Gasteiger charge is -2.07. The van der Waals surface area contributed by atoms with Crippen LogP contribution in [0.25, 0.3) is 5.65 Å². The molecule has 0 amide bonds. The second-order valence-electron chi connectivity index (χ2n) is 3.35. The van der Waals surface area contributed by atoms with Crippen molar-refractivity contribution in [3.63, 3.8) is 0 Å². The average molecular weight is 215 g/mol. The summed E-state index contributed by atoms with van der Waals surface area (Å²) >= 11 is 0. The van der Waals surface area contributed by atoms with Crippen LogP contribution in [-0.2, 0) is 6.18 Å². The van der Waals surface area contributed by atoms with Gasteiger partial charge in [0.2, 0.25) is 0 Å². The molecule has 0 aromatic carbocycles. The molecule has 2 rings (SSSR count). The number of nitrogens with zero attached hydrogens (tertiary/aromatic N) is 3. The maximum Gasteiger partial charge on any atom is 0.435 e. The van der Waals surface area contributed by atoms with E-state index in [4.69, 9.17) is 0 Å². The molecule has 0 saturated carbocycles. The van der Waals surface area contributed by atoms with Gasteiger partial charge >= 0.3 is 6.18 Å². The standard InChI is InChI=1S/C9H8F3N3/c1-5-3-7(9(10,11)12)14-15-6(2)4-13-8(5)15/h3-4H,1-2H3. The summed E-state index contributed by atoms with van der Waals surface area (Å²) in [5.41, 5.74) is 0.610. The monoisotopic (exact) mass is 215 g/mol. The van der Waals surface area contributed by atoms with Gasteiger partial charge in [0.05, 0.1) is 11.9 Å². The molecule has 80 valence electrons. The van der Waals surface area contributed by atoms with Gasteiger partial charge < -0.3 is 0 Å². The zero-order chi connectivity index (χ0) is 11.2. The zero-order valence-electron chi connectivity index (χ0n) is 8.13.